The fourth-order valence-corrected chi connectivity index (χ4v) is 3.01. The Morgan fingerprint density at radius 3 is 2.62 bits per heavy atom. The summed E-state index contributed by atoms with van der Waals surface area (Å²) in [5.41, 5.74) is 0.928. The lowest BCUT2D eigenvalue weighted by atomic mass is 10.1. The summed E-state index contributed by atoms with van der Waals surface area (Å²) in [5.74, 6) is 1.01. The van der Waals surface area contributed by atoms with Crippen molar-refractivity contribution < 1.29 is 9.53 Å². The summed E-state index contributed by atoms with van der Waals surface area (Å²) >= 11 is 0. The van der Waals surface area contributed by atoms with Crippen LogP contribution in [0.15, 0.2) is 55.0 Å². The van der Waals surface area contributed by atoms with Gasteiger partial charge in [-0.05, 0) is 50.2 Å². The van der Waals surface area contributed by atoms with E-state index in [2.05, 4.69) is 25.9 Å². The molecule has 154 valence electrons. The van der Waals surface area contributed by atoms with Crippen LogP contribution >= 0.6 is 24.8 Å². The molecule has 1 aromatic carbocycles. The van der Waals surface area contributed by atoms with Gasteiger partial charge in [-0.25, -0.2) is 4.68 Å². The Morgan fingerprint density at radius 2 is 1.86 bits per heavy atom. The number of carbonyl (C=O) groups is 1. The van der Waals surface area contributed by atoms with Crippen LogP contribution in [-0.2, 0) is 0 Å². The molecule has 3 heterocycles. The van der Waals surface area contributed by atoms with Gasteiger partial charge in [0, 0.05) is 24.1 Å². The van der Waals surface area contributed by atoms with Crippen LogP contribution in [0.4, 0.5) is 5.69 Å². The van der Waals surface area contributed by atoms with Crippen LogP contribution in [0.2, 0.25) is 0 Å². The number of halogens is 2. The quantitative estimate of drug-likeness (QED) is 0.635. The highest BCUT2D eigenvalue weighted by Crippen LogP contribution is 2.24. The molecule has 2 N–H and O–H groups in total. The number of aromatic nitrogens is 4. The minimum atomic E-state index is -0.295. The monoisotopic (exact) mass is 436 g/mol. The van der Waals surface area contributed by atoms with Gasteiger partial charge in [0.05, 0.1) is 12.2 Å². The number of rotatable bonds is 5. The molecule has 1 fully saturated rings. The van der Waals surface area contributed by atoms with Crippen molar-refractivity contribution in [3.8, 4) is 11.5 Å². The standard InChI is InChI=1S/C19H20N6O2.2ClH/c26-19(18-13-25(24-23-18)15-4-8-20-9-5-15)22-14-2-1-3-17(12-14)27-16-6-10-21-11-7-16;;/h1-3,6-7,10-13,15,20H,4-5,8-9H2,(H,22,26);2*1H. The molecule has 0 atom stereocenters. The zero-order valence-electron chi connectivity index (χ0n) is 15.5. The number of hydrogen-bond acceptors (Lipinski definition) is 6. The van der Waals surface area contributed by atoms with Gasteiger partial charge in [0.15, 0.2) is 5.69 Å². The fraction of sp³-hybridized carbons (Fsp3) is 0.263. The summed E-state index contributed by atoms with van der Waals surface area (Å²) in [5, 5.41) is 14.3. The second-order valence-corrected chi connectivity index (χ2v) is 6.33. The summed E-state index contributed by atoms with van der Waals surface area (Å²) in [7, 11) is 0. The molecule has 1 aliphatic heterocycles. The van der Waals surface area contributed by atoms with E-state index >= 15 is 0 Å². The summed E-state index contributed by atoms with van der Waals surface area (Å²) in [6, 6.07) is 11.0. The van der Waals surface area contributed by atoms with Crippen LogP contribution in [0.1, 0.15) is 29.4 Å². The smallest absolute Gasteiger partial charge is 0.277 e. The SMILES string of the molecule is Cl.Cl.O=C(Nc1cccc(Oc2ccncc2)c1)c1cn(C2CCNCC2)nn1. The van der Waals surface area contributed by atoms with Crippen LogP contribution in [0.5, 0.6) is 11.5 Å². The van der Waals surface area contributed by atoms with Crippen molar-refractivity contribution >= 4 is 36.4 Å². The number of piperidine rings is 1. The van der Waals surface area contributed by atoms with E-state index in [1.54, 1.807) is 47.5 Å². The second-order valence-electron chi connectivity index (χ2n) is 6.33. The van der Waals surface area contributed by atoms with Crippen molar-refractivity contribution in [1.29, 1.82) is 0 Å². The minimum Gasteiger partial charge on any atom is -0.457 e. The molecule has 4 rings (SSSR count). The molecule has 1 aliphatic rings. The van der Waals surface area contributed by atoms with Gasteiger partial charge in [0.2, 0.25) is 0 Å². The highest BCUT2D eigenvalue weighted by Gasteiger charge is 2.18. The number of nitrogens with zero attached hydrogens (tertiary/aromatic N) is 4. The lowest BCUT2D eigenvalue weighted by Gasteiger charge is -2.22. The topological polar surface area (TPSA) is 94.0 Å². The van der Waals surface area contributed by atoms with Gasteiger partial charge in [-0.15, -0.1) is 29.9 Å². The maximum atomic E-state index is 12.5. The fourth-order valence-electron chi connectivity index (χ4n) is 3.01. The van der Waals surface area contributed by atoms with E-state index in [0.717, 1.165) is 25.9 Å². The predicted octanol–water partition coefficient (Wildman–Crippen LogP) is 3.49. The number of anilines is 1. The number of benzene rings is 1. The van der Waals surface area contributed by atoms with Gasteiger partial charge >= 0.3 is 0 Å². The first-order valence-corrected chi connectivity index (χ1v) is 8.90. The Balaban J connectivity index is 0.00000150. The lowest BCUT2D eigenvalue weighted by Crippen LogP contribution is -2.29. The average Bonchev–Trinajstić information content (AvgIpc) is 3.20. The molecule has 0 unspecified atom stereocenters. The normalized spacial score (nSPS) is 13.7. The van der Waals surface area contributed by atoms with Crippen LogP contribution in [0.25, 0.3) is 0 Å². The van der Waals surface area contributed by atoms with Crippen molar-refractivity contribution in [2.75, 3.05) is 18.4 Å². The minimum absolute atomic E-state index is 0. The highest BCUT2D eigenvalue weighted by atomic mass is 35.5. The van der Waals surface area contributed by atoms with Crippen molar-refractivity contribution in [2.45, 2.75) is 18.9 Å². The average molecular weight is 437 g/mol. The Labute approximate surface area is 180 Å². The number of ether oxygens (including phenoxy) is 1. The van der Waals surface area contributed by atoms with E-state index in [-0.39, 0.29) is 36.8 Å². The lowest BCUT2D eigenvalue weighted by molar-refractivity contribution is 0.102. The molecule has 1 amide bonds. The molecule has 0 bridgehead atoms. The van der Waals surface area contributed by atoms with E-state index in [9.17, 15) is 4.79 Å². The van der Waals surface area contributed by atoms with Crippen LogP contribution in [0, 0.1) is 0 Å². The highest BCUT2D eigenvalue weighted by molar-refractivity contribution is 6.02. The number of nitrogens with one attached hydrogen (secondary N) is 2. The molecule has 0 saturated carbocycles. The number of amides is 1. The van der Waals surface area contributed by atoms with E-state index in [1.165, 1.54) is 0 Å². The number of carbonyl (C=O) groups excluding carboxylic acids is 1. The van der Waals surface area contributed by atoms with Gasteiger partial charge in [-0.3, -0.25) is 9.78 Å². The van der Waals surface area contributed by atoms with E-state index in [1.807, 2.05) is 12.1 Å². The Bertz CT molecular complexity index is 916. The van der Waals surface area contributed by atoms with E-state index in [4.69, 9.17) is 4.74 Å². The third kappa shape index (κ3) is 5.90. The summed E-state index contributed by atoms with van der Waals surface area (Å²) in [6.07, 6.45) is 7.00. The molecular formula is C19H22Cl2N6O2. The van der Waals surface area contributed by atoms with Gasteiger partial charge in [-0.2, -0.15) is 0 Å². The third-order valence-electron chi connectivity index (χ3n) is 4.40. The number of pyridine rings is 1. The Kier molecular flexibility index (Phi) is 8.38. The van der Waals surface area contributed by atoms with E-state index in [0.29, 0.717) is 22.9 Å². The second kappa shape index (κ2) is 10.8. The largest absolute Gasteiger partial charge is 0.457 e. The maximum absolute atomic E-state index is 12.5. The Morgan fingerprint density at radius 1 is 1.10 bits per heavy atom. The number of hydrogen-bond donors (Lipinski definition) is 2. The van der Waals surface area contributed by atoms with Crippen molar-refractivity contribution in [1.82, 2.24) is 25.3 Å². The molecule has 0 radical (unpaired) electrons. The first kappa shape index (κ1) is 22.6. The van der Waals surface area contributed by atoms with Gasteiger partial charge in [0.1, 0.15) is 11.5 Å². The molecule has 10 heteroatoms. The molecule has 3 aromatic rings. The van der Waals surface area contributed by atoms with Crippen molar-refractivity contribution in [3.05, 3.63) is 60.7 Å². The zero-order valence-corrected chi connectivity index (χ0v) is 17.2. The first-order valence-electron chi connectivity index (χ1n) is 8.90. The van der Waals surface area contributed by atoms with E-state index < -0.39 is 0 Å². The van der Waals surface area contributed by atoms with Gasteiger partial charge in [0.25, 0.3) is 5.91 Å². The van der Waals surface area contributed by atoms with Crippen LogP contribution in [-0.4, -0.2) is 39.0 Å². The van der Waals surface area contributed by atoms with Gasteiger partial charge in [-0.1, -0.05) is 11.3 Å². The molecular weight excluding hydrogens is 415 g/mol. The molecule has 29 heavy (non-hydrogen) atoms. The van der Waals surface area contributed by atoms with Gasteiger partial charge < -0.3 is 15.4 Å². The Hall–Kier alpha value is -2.68. The summed E-state index contributed by atoms with van der Waals surface area (Å²) in [6.45, 7) is 1.91. The van der Waals surface area contributed by atoms with Crippen molar-refractivity contribution in [2.24, 2.45) is 0 Å². The summed E-state index contributed by atoms with van der Waals surface area (Å²) < 4.78 is 7.55. The molecule has 2 aromatic heterocycles. The predicted molar refractivity (Wildman–Crippen MR) is 114 cm³/mol. The summed E-state index contributed by atoms with van der Waals surface area (Å²) in [4.78, 5) is 16.4. The van der Waals surface area contributed by atoms with Crippen molar-refractivity contribution in [3.63, 3.8) is 0 Å². The van der Waals surface area contributed by atoms with Crippen LogP contribution < -0.4 is 15.4 Å². The maximum Gasteiger partial charge on any atom is 0.277 e. The molecule has 0 spiro atoms. The van der Waals surface area contributed by atoms with Crippen LogP contribution in [0.3, 0.4) is 0 Å². The first-order chi connectivity index (χ1) is 13.3. The molecule has 1 saturated heterocycles. The molecule has 8 nitrogen and oxygen atoms in total. The zero-order chi connectivity index (χ0) is 18.5. The molecule has 0 aliphatic carbocycles. The third-order valence-corrected chi connectivity index (χ3v) is 4.40.